The van der Waals surface area contributed by atoms with Crippen LogP contribution in [0.3, 0.4) is 0 Å². The maximum atomic E-state index is 13.6. The first-order valence-corrected chi connectivity index (χ1v) is 12.2. The summed E-state index contributed by atoms with van der Waals surface area (Å²) in [5.41, 5.74) is 3.44. The number of carbonyl (C=O) groups is 2. The number of hydrogen-bond acceptors (Lipinski definition) is 3. The van der Waals surface area contributed by atoms with Gasteiger partial charge in [0.2, 0.25) is 5.91 Å². The van der Waals surface area contributed by atoms with Crippen LogP contribution in [0.15, 0.2) is 72.8 Å². The van der Waals surface area contributed by atoms with Gasteiger partial charge in [0.05, 0.1) is 12.0 Å². The van der Waals surface area contributed by atoms with E-state index in [1.165, 1.54) is 4.88 Å². The average molecular weight is 455 g/mol. The minimum absolute atomic E-state index is 0.105. The number of anilines is 2. The molecule has 4 nitrogen and oxygen atoms in total. The molecular weight excluding hydrogens is 428 g/mol. The SMILES string of the molecule is C[C@H]1CCc2c(sc(NC(=O)Cc3ccccc3)c2C(=O)Nc2cccc3ccccc23)C1. The van der Waals surface area contributed by atoms with Crippen molar-refractivity contribution in [1.29, 1.82) is 0 Å². The van der Waals surface area contributed by atoms with Crippen LogP contribution < -0.4 is 10.6 Å². The van der Waals surface area contributed by atoms with E-state index in [0.717, 1.165) is 46.8 Å². The van der Waals surface area contributed by atoms with E-state index in [-0.39, 0.29) is 18.2 Å². The van der Waals surface area contributed by atoms with Gasteiger partial charge in [-0.15, -0.1) is 11.3 Å². The largest absolute Gasteiger partial charge is 0.321 e. The zero-order valence-corrected chi connectivity index (χ0v) is 19.4. The van der Waals surface area contributed by atoms with E-state index in [1.54, 1.807) is 11.3 Å². The van der Waals surface area contributed by atoms with E-state index in [9.17, 15) is 9.59 Å². The van der Waals surface area contributed by atoms with Gasteiger partial charge in [-0.1, -0.05) is 73.7 Å². The van der Waals surface area contributed by atoms with Crippen LogP contribution in [0, 0.1) is 5.92 Å². The predicted octanol–water partition coefficient (Wildman–Crippen LogP) is 6.46. The number of benzene rings is 3. The van der Waals surface area contributed by atoms with Crippen LogP contribution in [-0.4, -0.2) is 11.8 Å². The minimum atomic E-state index is -0.159. The molecule has 0 unspecified atom stereocenters. The van der Waals surface area contributed by atoms with Crippen LogP contribution in [0.1, 0.15) is 39.7 Å². The molecule has 0 bridgehead atoms. The lowest BCUT2D eigenvalue weighted by atomic mass is 9.88. The lowest BCUT2D eigenvalue weighted by Crippen LogP contribution is -2.20. The van der Waals surface area contributed by atoms with Crippen molar-refractivity contribution in [3.63, 3.8) is 0 Å². The van der Waals surface area contributed by atoms with Crippen LogP contribution in [0.5, 0.6) is 0 Å². The Hall–Kier alpha value is -3.44. The summed E-state index contributed by atoms with van der Waals surface area (Å²) >= 11 is 1.55. The Morgan fingerprint density at radius 3 is 2.55 bits per heavy atom. The highest BCUT2D eigenvalue weighted by Crippen LogP contribution is 2.40. The van der Waals surface area contributed by atoms with Crippen molar-refractivity contribution in [2.24, 2.45) is 5.92 Å². The summed E-state index contributed by atoms with van der Waals surface area (Å²) in [5.74, 6) is 0.318. The molecule has 5 heteroatoms. The Labute approximate surface area is 197 Å². The zero-order valence-electron chi connectivity index (χ0n) is 18.6. The first kappa shape index (κ1) is 21.4. The molecule has 2 amide bonds. The predicted molar refractivity (Wildman–Crippen MR) is 136 cm³/mol. The second kappa shape index (κ2) is 9.20. The molecule has 3 aromatic carbocycles. The van der Waals surface area contributed by atoms with Gasteiger partial charge in [0.15, 0.2) is 0 Å². The van der Waals surface area contributed by atoms with Crippen molar-refractivity contribution in [3.8, 4) is 0 Å². The van der Waals surface area contributed by atoms with Crippen molar-refractivity contribution >= 4 is 44.6 Å². The highest BCUT2D eigenvalue weighted by atomic mass is 32.1. The molecule has 33 heavy (non-hydrogen) atoms. The van der Waals surface area contributed by atoms with Gasteiger partial charge in [-0.25, -0.2) is 0 Å². The van der Waals surface area contributed by atoms with Crippen LogP contribution in [0.2, 0.25) is 0 Å². The number of carbonyl (C=O) groups excluding carboxylic acids is 2. The van der Waals surface area contributed by atoms with Crippen molar-refractivity contribution < 1.29 is 9.59 Å². The molecule has 1 aliphatic rings. The molecule has 0 saturated carbocycles. The Bertz CT molecular complexity index is 1320. The normalized spacial score (nSPS) is 15.1. The van der Waals surface area contributed by atoms with E-state index in [0.29, 0.717) is 16.5 Å². The minimum Gasteiger partial charge on any atom is -0.321 e. The van der Waals surface area contributed by atoms with E-state index in [1.807, 2.05) is 72.8 Å². The van der Waals surface area contributed by atoms with Crippen LogP contribution in [-0.2, 0) is 24.1 Å². The second-order valence-corrected chi connectivity index (χ2v) is 9.85. The molecule has 1 aliphatic carbocycles. The smallest absolute Gasteiger partial charge is 0.258 e. The van der Waals surface area contributed by atoms with E-state index in [4.69, 9.17) is 0 Å². The number of nitrogens with one attached hydrogen (secondary N) is 2. The highest BCUT2D eigenvalue weighted by molar-refractivity contribution is 7.17. The highest BCUT2D eigenvalue weighted by Gasteiger charge is 2.28. The maximum Gasteiger partial charge on any atom is 0.258 e. The van der Waals surface area contributed by atoms with Gasteiger partial charge in [-0.3, -0.25) is 9.59 Å². The van der Waals surface area contributed by atoms with Gasteiger partial charge >= 0.3 is 0 Å². The molecule has 166 valence electrons. The van der Waals surface area contributed by atoms with E-state index < -0.39 is 0 Å². The molecule has 5 rings (SSSR count). The van der Waals surface area contributed by atoms with Gasteiger partial charge in [-0.2, -0.15) is 0 Å². The monoisotopic (exact) mass is 454 g/mol. The quantitative estimate of drug-likeness (QED) is 0.364. The third-order valence-corrected chi connectivity index (χ3v) is 7.41. The number of rotatable bonds is 5. The summed E-state index contributed by atoms with van der Waals surface area (Å²) in [6, 6.07) is 23.6. The van der Waals surface area contributed by atoms with Crippen molar-refractivity contribution in [2.75, 3.05) is 10.6 Å². The molecule has 2 N–H and O–H groups in total. The number of thiophene rings is 1. The fraction of sp³-hybridized carbons (Fsp3) is 0.214. The van der Waals surface area contributed by atoms with Crippen molar-refractivity contribution in [3.05, 3.63) is 94.4 Å². The first-order chi connectivity index (χ1) is 16.1. The lowest BCUT2D eigenvalue weighted by Gasteiger charge is -2.19. The topological polar surface area (TPSA) is 58.2 Å². The maximum absolute atomic E-state index is 13.6. The lowest BCUT2D eigenvalue weighted by molar-refractivity contribution is -0.115. The molecule has 1 aromatic heterocycles. The van der Waals surface area contributed by atoms with Crippen molar-refractivity contribution in [1.82, 2.24) is 0 Å². The third kappa shape index (κ3) is 4.55. The number of amides is 2. The van der Waals surface area contributed by atoms with Gasteiger partial charge < -0.3 is 10.6 Å². The van der Waals surface area contributed by atoms with Gasteiger partial charge in [0.25, 0.3) is 5.91 Å². The molecule has 0 aliphatic heterocycles. The fourth-order valence-electron chi connectivity index (χ4n) is 4.55. The van der Waals surface area contributed by atoms with Crippen LogP contribution in [0.25, 0.3) is 10.8 Å². The summed E-state index contributed by atoms with van der Waals surface area (Å²) in [7, 11) is 0. The van der Waals surface area contributed by atoms with E-state index in [2.05, 4.69) is 17.6 Å². The average Bonchev–Trinajstić information content (AvgIpc) is 3.16. The van der Waals surface area contributed by atoms with Gasteiger partial charge in [0, 0.05) is 16.0 Å². The molecule has 0 radical (unpaired) electrons. The summed E-state index contributed by atoms with van der Waals surface area (Å²) in [6.07, 6.45) is 3.14. The standard InChI is InChI=1S/C28H26N2O2S/c1-18-14-15-22-24(16-18)33-28(30-25(31)17-19-8-3-2-4-9-19)26(22)27(32)29-23-13-7-11-20-10-5-6-12-21(20)23/h2-13,18H,14-17H2,1H3,(H,29,32)(H,30,31)/t18-/m0/s1. The molecule has 0 fully saturated rings. The van der Waals surface area contributed by atoms with Crippen LogP contribution >= 0.6 is 11.3 Å². The number of hydrogen-bond donors (Lipinski definition) is 2. The molecule has 4 aromatic rings. The number of fused-ring (bicyclic) bond motifs is 2. The fourth-order valence-corrected chi connectivity index (χ4v) is 5.97. The molecular formula is C28H26N2O2S. The summed E-state index contributed by atoms with van der Waals surface area (Å²) in [6.45, 7) is 2.24. The summed E-state index contributed by atoms with van der Waals surface area (Å²) in [4.78, 5) is 27.6. The Morgan fingerprint density at radius 1 is 0.939 bits per heavy atom. The second-order valence-electron chi connectivity index (χ2n) is 8.75. The Kier molecular flexibility index (Phi) is 5.97. The summed E-state index contributed by atoms with van der Waals surface area (Å²) < 4.78 is 0. The summed E-state index contributed by atoms with van der Waals surface area (Å²) in [5, 5.41) is 8.92. The Morgan fingerprint density at radius 2 is 1.70 bits per heavy atom. The van der Waals surface area contributed by atoms with E-state index >= 15 is 0 Å². The van der Waals surface area contributed by atoms with Crippen LogP contribution in [0.4, 0.5) is 10.7 Å². The molecule has 1 heterocycles. The van der Waals surface area contributed by atoms with Gasteiger partial charge in [-0.05, 0) is 47.8 Å². The molecule has 1 atom stereocenters. The first-order valence-electron chi connectivity index (χ1n) is 11.4. The van der Waals surface area contributed by atoms with Gasteiger partial charge in [0.1, 0.15) is 5.00 Å². The third-order valence-electron chi connectivity index (χ3n) is 6.24. The van der Waals surface area contributed by atoms with Crippen molar-refractivity contribution in [2.45, 2.75) is 32.6 Å². The molecule has 0 spiro atoms. The zero-order chi connectivity index (χ0) is 22.8. The Balaban J connectivity index is 1.46. The molecule has 0 saturated heterocycles.